The Balaban J connectivity index is 0.000000490. The van der Waals surface area contributed by atoms with E-state index in [0.717, 1.165) is 3.70 Å². The van der Waals surface area contributed by atoms with E-state index in [9.17, 15) is 0 Å². The SMILES string of the molecule is Cl.Cn1ccc(I)n1. The van der Waals surface area contributed by atoms with Crippen molar-refractivity contribution in [3.8, 4) is 0 Å². The van der Waals surface area contributed by atoms with Gasteiger partial charge in [0.15, 0.2) is 0 Å². The van der Waals surface area contributed by atoms with Crippen LogP contribution in [0.2, 0.25) is 0 Å². The Bertz CT molecular complexity index is 146. The van der Waals surface area contributed by atoms with Crippen molar-refractivity contribution in [2.45, 2.75) is 0 Å². The normalized spacial score (nSPS) is 8.25. The van der Waals surface area contributed by atoms with E-state index < -0.39 is 0 Å². The lowest BCUT2D eigenvalue weighted by Gasteiger charge is -1.79. The van der Waals surface area contributed by atoms with Crippen LogP contribution < -0.4 is 0 Å². The van der Waals surface area contributed by atoms with Gasteiger partial charge in [0.05, 0.1) is 0 Å². The molecule has 0 spiro atoms. The smallest absolute Gasteiger partial charge is 0.123 e. The van der Waals surface area contributed by atoms with Crippen molar-refractivity contribution in [1.82, 2.24) is 9.78 Å². The van der Waals surface area contributed by atoms with Crippen LogP contribution in [-0.4, -0.2) is 9.78 Å². The Kier molecular flexibility index (Phi) is 3.39. The van der Waals surface area contributed by atoms with Crippen molar-refractivity contribution in [1.29, 1.82) is 0 Å². The molecule has 46 valence electrons. The van der Waals surface area contributed by atoms with Crippen molar-refractivity contribution < 1.29 is 0 Å². The van der Waals surface area contributed by atoms with Crippen molar-refractivity contribution >= 4 is 35.0 Å². The van der Waals surface area contributed by atoms with Crippen LogP contribution in [0.1, 0.15) is 0 Å². The summed E-state index contributed by atoms with van der Waals surface area (Å²) >= 11 is 2.17. The standard InChI is InChI=1S/C4H5IN2.ClH/c1-7-3-2-4(5)6-7;/h2-3H,1H3;1H. The first-order valence-electron chi connectivity index (χ1n) is 1.94. The van der Waals surface area contributed by atoms with Gasteiger partial charge in [-0.3, -0.25) is 4.68 Å². The van der Waals surface area contributed by atoms with Gasteiger partial charge in [-0.1, -0.05) is 0 Å². The fourth-order valence-corrected chi connectivity index (χ4v) is 0.888. The molecule has 2 nitrogen and oxygen atoms in total. The van der Waals surface area contributed by atoms with E-state index in [4.69, 9.17) is 0 Å². The molecule has 0 radical (unpaired) electrons. The molecule has 1 rings (SSSR count). The monoisotopic (exact) mass is 244 g/mol. The molecule has 0 bridgehead atoms. The van der Waals surface area contributed by atoms with Crippen LogP contribution in [0.15, 0.2) is 12.3 Å². The minimum Gasteiger partial charge on any atom is -0.275 e. The molecule has 8 heavy (non-hydrogen) atoms. The lowest BCUT2D eigenvalue weighted by molar-refractivity contribution is 0.760. The fourth-order valence-electron chi connectivity index (χ4n) is 0.387. The molecule has 0 aliphatic heterocycles. The highest BCUT2D eigenvalue weighted by atomic mass is 127. The largest absolute Gasteiger partial charge is 0.275 e. The molecule has 0 aromatic carbocycles. The summed E-state index contributed by atoms with van der Waals surface area (Å²) in [5.41, 5.74) is 0. The molecule has 0 atom stereocenters. The maximum atomic E-state index is 4.01. The second-order valence-corrected chi connectivity index (χ2v) is 2.42. The Morgan fingerprint density at radius 1 is 1.75 bits per heavy atom. The summed E-state index contributed by atoms with van der Waals surface area (Å²) in [6.45, 7) is 0. The molecule has 0 saturated carbocycles. The van der Waals surface area contributed by atoms with Crippen LogP contribution in [0.5, 0.6) is 0 Å². The van der Waals surface area contributed by atoms with Gasteiger partial charge in [0.2, 0.25) is 0 Å². The maximum absolute atomic E-state index is 4.01. The predicted molar refractivity (Wildman–Crippen MR) is 43.2 cm³/mol. The summed E-state index contributed by atoms with van der Waals surface area (Å²) in [7, 11) is 1.90. The molecule has 0 unspecified atom stereocenters. The first-order chi connectivity index (χ1) is 3.29. The van der Waals surface area contributed by atoms with Crippen LogP contribution in [0.25, 0.3) is 0 Å². The van der Waals surface area contributed by atoms with Crippen LogP contribution in [0.4, 0.5) is 0 Å². The predicted octanol–water partition coefficient (Wildman–Crippen LogP) is 1.45. The summed E-state index contributed by atoms with van der Waals surface area (Å²) in [6.07, 6.45) is 1.92. The van der Waals surface area contributed by atoms with Gasteiger partial charge >= 0.3 is 0 Å². The molecule has 4 heteroatoms. The zero-order valence-electron chi connectivity index (χ0n) is 4.34. The van der Waals surface area contributed by atoms with Gasteiger partial charge in [0.25, 0.3) is 0 Å². The average molecular weight is 244 g/mol. The number of halogens is 2. The van der Waals surface area contributed by atoms with E-state index in [1.54, 1.807) is 4.68 Å². The summed E-state index contributed by atoms with van der Waals surface area (Å²) in [5.74, 6) is 0. The number of aromatic nitrogens is 2. The quantitative estimate of drug-likeness (QED) is 0.632. The molecule has 0 amide bonds. The van der Waals surface area contributed by atoms with Gasteiger partial charge in [-0.05, 0) is 28.7 Å². The van der Waals surface area contributed by atoms with E-state index in [1.165, 1.54) is 0 Å². The van der Waals surface area contributed by atoms with Crippen LogP contribution in [0, 0.1) is 3.70 Å². The van der Waals surface area contributed by atoms with Crippen LogP contribution in [-0.2, 0) is 7.05 Å². The zero-order valence-corrected chi connectivity index (χ0v) is 7.31. The lowest BCUT2D eigenvalue weighted by Crippen LogP contribution is -1.85. The summed E-state index contributed by atoms with van der Waals surface area (Å²) in [6, 6.07) is 1.96. The minimum atomic E-state index is 0. The highest BCUT2D eigenvalue weighted by Crippen LogP contribution is 1.95. The Morgan fingerprint density at radius 3 is 2.50 bits per heavy atom. The van der Waals surface area contributed by atoms with Gasteiger partial charge in [0, 0.05) is 13.2 Å². The van der Waals surface area contributed by atoms with Gasteiger partial charge in [-0.15, -0.1) is 12.4 Å². The number of rotatable bonds is 0. The minimum absolute atomic E-state index is 0. The fraction of sp³-hybridized carbons (Fsp3) is 0.250. The third kappa shape index (κ3) is 2.00. The molecule has 0 aliphatic rings. The first-order valence-corrected chi connectivity index (χ1v) is 3.02. The van der Waals surface area contributed by atoms with Crippen LogP contribution in [0.3, 0.4) is 0 Å². The van der Waals surface area contributed by atoms with Gasteiger partial charge in [-0.2, -0.15) is 5.10 Å². The highest BCUT2D eigenvalue weighted by molar-refractivity contribution is 14.1. The summed E-state index contributed by atoms with van der Waals surface area (Å²) < 4.78 is 2.82. The van der Waals surface area contributed by atoms with E-state index in [0.29, 0.717) is 0 Å². The number of nitrogens with zero attached hydrogens (tertiary/aromatic N) is 2. The molecule has 1 heterocycles. The van der Waals surface area contributed by atoms with Crippen LogP contribution >= 0.6 is 35.0 Å². The third-order valence-electron chi connectivity index (χ3n) is 0.681. The van der Waals surface area contributed by atoms with Crippen molar-refractivity contribution in [2.75, 3.05) is 0 Å². The molecule has 0 aliphatic carbocycles. The third-order valence-corrected chi connectivity index (χ3v) is 1.26. The van der Waals surface area contributed by atoms with E-state index >= 15 is 0 Å². The topological polar surface area (TPSA) is 17.8 Å². The zero-order chi connectivity index (χ0) is 5.28. The Morgan fingerprint density at radius 2 is 2.38 bits per heavy atom. The van der Waals surface area contributed by atoms with E-state index in [2.05, 4.69) is 27.7 Å². The number of hydrogen-bond acceptors (Lipinski definition) is 1. The second-order valence-electron chi connectivity index (χ2n) is 1.31. The van der Waals surface area contributed by atoms with E-state index in [-0.39, 0.29) is 12.4 Å². The Labute approximate surface area is 67.8 Å². The van der Waals surface area contributed by atoms with Crippen molar-refractivity contribution in [3.05, 3.63) is 16.0 Å². The highest BCUT2D eigenvalue weighted by Gasteiger charge is 1.84. The molecular formula is C4H6ClIN2. The summed E-state index contributed by atoms with van der Waals surface area (Å²) in [4.78, 5) is 0. The molecule has 0 N–H and O–H groups in total. The summed E-state index contributed by atoms with van der Waals surface area (Å²) in [5, 5.41) is 4.01. The maximum Gasteiger partial charge on any atom is 0.123 e. The van der Waals surface area contributed by atoms with Gasteiger partial charge in [0.1, 0.15) is 3.70 Å². The Hall–Kier alpha value is 0.230. The van der Waals surface area contributed by atoms with Gasteiger partial charge in [-0.25, -0.2) is 0 Å². The number of aryl methyl sites for hydroxylation is 1. The first kappa shape index (κ1) is 8.23. The molecule has 0 saturated heterocycles. The second kappa shape index (κ2) is 3.29. The average Bonchev–Trinajstić information content (AvgIpc) is 1.87. The van der Waals surface area contributed by atoms with Gasteiger partial charge < -0.3 is 0 Å². The molecule has 1 aromatic heterocycles. The van der Waals surface area contributed by atoms with Crippen molar-refractivity contribution in [2.24, 2.45) is 7.05 Å². The molecule has 0 fully saturated rings. The van der Waals surface area contributed by atoms with Crippen molar-refractivity contribution in [3.63, 3.8) is 0 Å². The number of hydrogen-bond donors (Lipinski definition) is 0. The molecular weight excluding hydrogens is 238 g/mol. The lowest BCUT2D eigenvalue weighted by atomic mass is 10.8. The van der Waals surface area contributed by atoms with E-state index in [1.807, 2.05) is 19.3 Å². The molecule has 1 aromatic rings.